The maximum absolute atomic E-state index is 11.7. The van der Waals surface area contributed by atoms with Crippen molar-refractivity contribution in [3.8, 4) is 0 Å². The predicted molar refractivity (Wildman–Crippen MR) is 60.9 cm³/mol. The van der Waals surface area contributed by atoms with Crippen LogP contribution in [0.3, 0.4) is 0 Å². The van der Waals surface area contributed by atoms with Gasteiger partial charge < -0.3 is 9.84 Å². The van der Waals surface area contributed by atoms with E-state index in [0.717, 1.165) is 0 Å². The fraction of sp³-hybridized carbons (Fsp3) is 0.667. The Balaban J connectivity index is 2.31. The highest BCUT2D eigenvalue weighted by Crippen LogP contribution is 2.05. The smallest absolute Gasteiger partial charge is 0.243 e. The zero-order valence-electron chi connectivity index (χ0n) is 9.66. The second-order valence-electron chi connectivity index (χ2n) is 3.44. The van der Waals surface area contributed by atoms with Crippen molar-refractivity contribution in [3.63, 3.8) is 0 Å². The maximum Gasteiger partial charge on any atom is 0.243 e. The van der Waals surface area contributed by atoms with Crippen LogP contribution >= 0.6 is 0 Å². The summed E-state index contributed by atoms with van der Waals surface area (Å²) >= 11 is 0. The molecule has 7 nitrogen and oxygen atoms in total. The van der Waals surface area contributed by atoms with Crippen LogP contribution in [0.5, 0.6) is 0 Å². The molecular formula is C9H17N3O4S. The molecule has 17 heavy (non-hydrogen) atoms. The average molecular weight is 263 g/mol. The van der Waals surface area contributed by atoms with Crippen LogP contribution in [0.4, 0.5) is 0 Å². The maximum atomic E-state index is 11.7. The average Bonchev–Trinajstić information content (AvgIpc) is 2.71. The summed E-state index contributed by atoms with van der Waals surface area (Å²) in [5.41, 5.74) is 0. The molecular weight excluding hydrogens is 246 g/mol. The van der Waals surface area contributed by atoms with Crippen molar-refractivity contribution in [1.29, 1.82) is 0 Å². The predicted octanol–water partition coefficient (Wildman–Crippen LogP) is -0.903. The van der Waals surface area contributed by atoms with E-state index in [4.69, 9.17) is 9.84 Å². The number of hydrogen-bond acceptors (Lipinski definition) is 5. The third-order valence-corrected chi connectivity index (χ3v) is 3.40. The molecule has 98 valence electrons. The van der Waals surface area contributed by atoms with E-state index in [0.29, 0.717) is 19.6 Å². The van der Waals surface area contributed by atoms with Crippen LogP contribution in [0.25, 0.3) is 0 Å². The Morgan fingerprint density at radius 2 is 2.29 bits per heavy atom. The molecule has 0 aliphatic heterocycles. The van der Waals surface area contributed by atoms with Crippen LogP contribution < -0.4 is 4.72 Å². The van der Waals surface area contributed by atoms with Gasteiger partial charge >= 0.3 is 0 Å². The van der Waals surface area contributed by atoms with Crippen LogP contribution in [0.1, 0.15) is 6.42 Å². The van der Waals surface area contributed by atoms with Gasteiger partial charge in [0.2, 0.25) is 10.0 Å². The number of aliphatic hydroxyl groups excluding tert-OH is 1. The fourth-order valence-electron chi connectivity index (χ4n) is 1.17. The lowest BCUT2D eigenvalue weighted by Gasteiger charge is -2.04. The highest BCUT2D eigenvalue weighted by Gasteiger charge is 2.14. The van der Waals surface area contributed by atoms with Crippen molar-refractivity contribution < 1.29 is 18.3 Å². The Hall–Kier alpha value is -0.960. The molecule has 1 aromatic rings. The van der Waals surface area contributed by atoms with Gasteiger partial charge in [-0.1, -0.05) is 0 Å². The Morgan fingerprint density at radius 3 is 2.88 bits per heavy atom. The minimum absolute atomic E-state index is 0.0264. The standard InChI is InChI=1S/C9H17N3O4S/c1-12-8-9(7-10-12)17(14,15)11-3-2-5-16-6-4-13/h7-8,11,13H,2-6H2,1H3. The van der Waals surface area contributed by atoms with Gasteiger partial charge in [0.15, 0.2) is 0 Å². The molecule has 0 unspecified atom stereocenters. The first-order chi connectivity index (χ1) is 8.06. The third-order valence-electron chi connectivity index (χ3n) is 1.98. The lowest BCUT2D eigenvalue weighted by Crippen LogP contribution is -2.25. The Bertz CT molecular complexity index is 429. The van der Waals surface area contributed by atoms with Gasteiger partial charge in [-0.3, -0.25) is 4.68 Å². The molecule has 1 heterocycles. The molecule has 8 heteroatoms. The fourth-order valence-corrected chi connectivity index (χ4v) is 2.23. The van der Waals surface area contributed by atoms with E-state index in [1.165, 1.54) is 17.1 Å². The number of nitrogens with zero attached hydrogens (tertiary/aromatic N) is 2. The van der Waals surface area contributed by atoms with Crippen molar-refractivity contribution in [1.82, 2.24) is 14.5 Å². The van der Waals surface area contributed by atoms with Crippen LogP contribution in [0.15, 0.2) is 17.3 Å². The van der Waals surface area contributed by atoms with Gasteiger partial charge in [-0.25, -0.2) is 13.1 Å². The molecule has 0 aromatic carbocycles. The Labute approximate surface area is 100 Å². The minimum Gasteiger partial charge on any atom is -0.394 e. The first-order valence-electron chi connectivity index (χ1n) is 5.23. The van der Waals surface area contributed by atoms with Gasteiger partial charge in [0.25, 0.3) is 0 Å². The number of ether oxygens (including phenoxy) is 1. The summed E-state index contributed by atoms with van der Waals surface area (Å²) in [6, 6.07) is 0. The number of aromatic nitrogens is 2. The van der Waals surface area contributed by atoms with Gasteiger partial charge in [-0.2, -0.15) is 5.10 Å². The molecule has 2 N–H and O–H groups in total. The molecule has 0 aliphatic rings. The topological polar surface area (TPSA) is 93.5 Å². The van der Waals surface area contributed by atoms with Gasteiger partial charge in [-0.15, -0.1) is 0 Å². The molecule has 0 aliphatic carbocycles. The van der Waals surface area contributed by atoms with Crippen LogP contribution in [-0.2, 0) is 21.8 Å². The number of aryl methyl sites for hydroxylation is 1. The summed E-state index contributed by atoms with van der Waals surface area (Å²) in [5.74, 6) is 0. The lowest BCUT2D eigenvalue weighted by atomic mass is 10.5. The van der Waals surface area contributed by atoms with Crippen LogP contribution in [0.2, 0.25) is 0 Å². The normalized spacial score (nSPS) is 11.9. The van der Waals surface area contributed by atoms with Gasteiger partial charge in [0.1, 0.15) is 4.90 Å². The number of sulfonamides is 1. The Kier molecular flexibility index (Phi) is 5.56. The van der Waals surface area contributed by atoms with E-state index in [2.05, 4.69) is 9.82 Å². The second-order valence-corrected chi connectivity index (χ2v) is 5.20. The molecule has 0 fully saturated rings. The SMILES string of the molecule is Cn1cc(S(=O)(=O)NCCCOCCO)cn1. The molecule has 1 rings (SSSR count). The van der Waals surface area contributed by atoms with E-state index in [1.807, 2.05) is 0 Å². The first-order valence-corrected chi connectivity index (χ1v) is 6.71. The molecule has 0 bridgehead atoms. The molecule has 0 atom stereocenters. The van der Waals surface area contributed by atoms with Crippen molar-refractivity contribution in [2.24, 2.45) is 7.05 Å². The summed E-state index contributed by atoms with van der Waals surface area (Å²) < 4.78 is 32.3. The molecule has 0 radical (unpaired) electrons. The van der Waals surface area contributed by atoms with E-state index in [-0.39, 0.29) is 18.1 Å². The van der Waals surface area contributed by atoms with E-state index >= 15 is 0 Å². The zero-order chi connectivity index (χ0) is 12.7. The molecule has 0 spiro atoms. The van der Waals surface area contributed by atoms with Gasteiger partial charge in [0.05, 0.1) is 19.4 Å². The van der Waals surface area contributed by atoms with Crippen molar-refractivity contribution >= 4 is 10.0 Å². The van der Waals surface area contributed by atoms with E-state index in [1.54, 1.807) is 7.05 Å². The molecule has 0 saturated carbocycles. The number of hydrogen-bond donors (Lipinski definition) is 2. The summed E-state index contributed by atoms with van der Waals surface area (Å²) in [6.07, 6.45) is 3.29. The van der Waals surface area contributed by atoms with Crippen molar-refractivity contribution in [3.05, 3.63) is 12.4 Å². The van der Waals surface area contributed by atoms with Crippen LogP contribution in [0, 0.1) is 0 Å². The quantitative estimate of drug-likeness (QED) is 0.593. The summed E-state index contributed by atoms with van der Waals surface area (Å²) in [4.78, 5) is 0.149. The monoisotopic (exact) mass is 263 g/mol. The zero-order valence-corrected chi connectivity index (χ0v) is 10.5. The lowest BCUT2D eigenvalue weighted by molar-refractivity contribution is 0.0913. The van der Waals surface area contributed by atoms with E-state index < -0.39 is 10.0 Å². The summed E-state index contributed by atoms with van der Waals surface area (Å²) in [6.45, 7) is 0.954. The number of nitrogens with one attached hydrogen (secondary N) is 1. The molecule has 0 amide bonds. The third kappa shape index (κ3) is 4.82. The van der Waals surface area contributed by atoms with Crippen molar-refractivity contribution in [2.75, 3.05) is 26.4 Å². The van der Waals surface area contributed by atoms with Gasteiger partial charge in [-0.05, 0) is 6.42 Å². The molecule has 1 aromatic heterocycles. The number of aliphatic hydroxyl groups is 1. The Morgan fingerprint density at radius 1 is 1.53 bits per heavy atom. The van der Waals surface area contributed by atoms with Gasteiger partial charge in [0, 0.05) is 26.4 Å². The highest BCUT2D eigenvalue weighted by atomic mass is 32.2. The first kappa shape index (κ1) is 14.1. The van der Waals surface area contributed by atoms with Crippen molar-refractivity contribution in [2.45, 2.75) is 11.3 Å². The second kappa shape index (κ2) is 6.70. The van der Waals surface area contributed by atoms with Crippen LogP contribution in [-0.4, -0.2) is 49.7 Å². The number of rotatable bonds is 8. The highest BCUT2D eigenvalue weighted by molar-refractivity contribution is 7.89. The van der Waals surface area contributed by atoms with E-state index in [9.17, 15) is 8.42 Å². The largest absolute Gasteiger partial charge is 0.394 e. The summed E-state index contributed by atoms with van der Waals surface area (Å²) in [7, 11) is -1.82. The minimum atomic E-state index is -3.47. The summed E-state index contributed by atoms with van der Waals surface area (Å²) in [5, 5.41) is 12.3. The molecule has 0 saturated heterocycles.